The zero-order chi connectivity index (χ0) is 13.9. The highest BCUT2D eigenvalue weighted by Crippen LogP contribution is 2.33. The number of aliphatic carboxylic acids is 1. The van der Waals surface area contributed by atoms with Gasteiger partial charge in [-0.05, 0) is 26.0 Å². The predicted octanol–water partition coefficient (Wildman–Crippen LogP) is 1.25. The number of carbonyl (C=O) groups is 1. The number of carboxylic acid groups (broad SMARTS) is 1. The standard InChI is InChI=1S/C11H21NO4S2/c1-8(7-17-3)12(2)18(15,16)10-6-4-5-9(10)11(13)14/h8-10H,4-7H2,1-3H3,(H,13,14). The van der Waals surface area contributed by atoms with Crippen molar-refractivity contribution in [2.45, 2.75) is 37.5 Å². The third-order valence-corrected chi connectivity index (χ3v) is 6.89. The summed E-state index contributed by atoms with van der Waals surface area (Å²) >= 11 is 1.58. The zero-order valence-corrected chi connectivity index (χ0v) is 12.6. The van der Waals surface area contributed by atoms with Gasteiger partial charge in [-0.3, -0.25) is 4.79 Å². The van der Waals surface area contributed by atoms with E-state index >= 15 is 0 Å². The van der Waals surface area contributed by atoms with E-state index in [4.69, 9.17) is 5.11 Å². The summed E-state index contributed by atoms with van der Waals surface area (Å²) in [5.41, 5.74) is 0. The van der Waals surface area contributed by atoms with Crippen molar-refractivity contribution < 1.29 is 18.3 Å². The number of sulfonamides is 1. The molecule has 0 amide bonds. The number of nitrogens with zero attached hydrogens (tertiary/aromatic N) is 1. The molecule has 0 radical (unpaired) electrons. The van der Waals surface area contributed by atoms with E-state index in [0.29, 0.717) is 25.0 Å². The Hall–Kier alpha value is -0.270. The molecule has 1 aliphatic rings. The van der Waals surface area contributed by atoms with Gasteiger partial charge in [0.15, 0.2) is 0 Å². The molecule has 7 heteroatoms. The predicted molar refractivity (Wildman–Crippen MR) is 73.3 cm³/mol. The van der Waals surface area contributed by atoms with Gasteiger partial charge < -0.3 is 5.11 Å². The molecule has 0 aliphatic heterocycles. The summed E-state index contributed by atoms with van der Waals surface area (Å²) in [5, 5.41) is 8.32. The van der Waals surface area contributed by atoms with E-state index in [9.17, 15) is 13.2 Å². The van der Waals surface area contributed by atoms with Crippen LogP contribution in [0.5, 0.6) is 0 Å². The molecular formula is C11H21NO4S2. The van der Waals surface area contributed by atoms with Crippen LogP contribution in [0.25, 0.3) is 0 Å². The summed E-state index contributed by atoms with van der Waals surface area (Å²) in [4.78, 5) is 11.1. The van der Waals surface area contributed by atoms with Gasteiger partial charge in [0.25, 0.3) is 0 Å². The first-order valence-electron chi connectivity index (χ1n) is 6.01. The van der Waals surface area contributed by atoms with Crippen molar-refractivity contribution in [1.29, 1.82) is 0 Å². The van der Waals surface area contributed by atoms with Crippen LogP contribution >= 0.6 is 11.8 Å². The molecule has 3 atom stereocenters. The van der Waals surface area contributed by atoms with Gasteiger partial charge >= 0.3 is 5.97 Å². The second kappa shape index (κ2) is 6.25. The maximum Gasteiger partial charge on any atom is 0.307 e. The van der Waals surface area contributed by atoms with Crippen LogP contribution in [0.3, 0.4) is 0 Å². The molecule has 1 rings (SSSR count). The minimum atomic E-state index is -3.52. The van der Waals surface area contributed by atoms with E-state index in [2.05, 4.69) is 0 Å². The number of hydrogen-bond donors (Lipinski definition) is 1. The van der Waals surface area contributed by atoms with Crippen LogP contribution in [0, 0.1) is 5.92 Å². The minimum Gasteiger partial charge on any atom is -0.481 e. The molecule has 3 unspecified atom stereocenters. The van der Waals surface area contributed by atoms with Crippen LogP contribution in [-0.2, 0) is 14.8 Å². The highest BCUT2D eigenvalue weighted by molar-refractivity contribution is 7.98. The lowest BCUT2D eigenvalue weighted by Gasteiger charge is -2.28. The first-order valence-corrected chi connectivity index (χ1v) is 8.90. The Balaban J connectivity index is 2.88. The van der Waals surface area contributed by atoms with Crippen molar-refractivity contribution in [2.24, 2.45) is 5.92 Å². The highest BCUT2D eigenvalue weighted by Gasteiger charge is 2.44. The summed E-state index contributed by atoms with van der Waals surface area (Å²) in [6.45, 7) is 1.85. The topological polar surface area (TPSA) is 74.7 Å². The normalized spacial score (nSPS) is 26.4. The molecule has 5 nitrogen and oxygen atoms in total. The largest absolute Gasteiger partial charge is 0.481 e. The van der Waals surface area contributed by atoms with Crippen molar-refractivity contribution in [2.75, 3.05) is 19.1 Å². The summed E-state index contributed by atoms with van der Waals surface area (Å²) < 4.78 is 26.2. The Bertz CT molecular complexity index is 396. The highest BCUT2D eigenvalue weighted by atomic mass is 32.2. The average molecular weight is 295 g/mol. The van der Waals surface area contributed by atoms with Crippen molar-refractivity contribution >= 4 is 27.8 Å². The molecule has 0 aromatic carbocycles. The van der Waals surface area contributed by atoms with Crippen LogP contribution < -0.4 is 0 Å². The molecule has 18 heavy (non-hydrogen) atoms. The van der Waals surface area contributed by atoms with Gasteiger partial charge in [-0.15, -0.1) is 0 Å². The lowest BCUT2D eigenvalue weighted by atomic mass is 10.1. The number of carboxylic acids is 1. The first-order chi connectivity index (χ1) is 8.32. The molecule has 0 saturated heterocycles. The fraction of sp³-hybridized carbons (Fsp3) is 0.909. The van der Waals surface area contributed by atoms with Gasteiger partial charge in [-0.1, -0.05) is 6.42 Å². The van der Waals surface area contributed by atoms with Crippen LogP contribution in [0.4, 0.5) is 0 Å². The van der Waals surface area contributed by atoms with Gasteiger partial charge in [-0.25, -0.2) is 12.7 Å². The van der Waals surface area contributed by atoms with Crippen molar-refractivity contribution in [3.63, 3.8) is 0 Å². The van der Waals surface area contributed by atoms with Crippen LogP contribution in [0.2, 0.25) is 0 Å². The molecule has 0 aromatic rings. The average Bonchev–Trinajstić information content (AvgIpc) is 2.77. The second-order valence-electron chi connectivity index (χ2n) is 4.78. The Kier molecular flexibility index (Phi) is 5.48. The monoisotopic (exact) mass is 295 g/mol. The lowest BCUT2D eigenvalue weighted by molar-refractivity contribution is -0.141. The van der Waals surface area contributed by atoms with E-state index in [1.54, 1.807) is 18.8 Å². The van der Waals surface area contributed by atoms with Gasteiger partial charge in [0, 0.05) is 18.8 Å². The van der Waals surface area contributed by atoms with Crippen molar-refractivity contribution in [3.05, 3.63) is 0 Å². The molecule has 0 bridgehead atoms. The zero-order valence-electron chi connectivity index (χ0n) is 11.0. The molecule has 1 saturated carbocycles. The van der Waals surface area contributed by atoms with Gasteiger partial charge in [0.05, 0.1) is 11.2 Å². The van der Waals surface area contributed by atoms with E-state index < -0.39 is 27.2 Å². The molecule has 1 fully saturated rings. The van der Waals surface area contributed by atoms with Gasteiger partial charge in [0.1, 0.15) is 0 Å². The van der Waals surface area contributed by atoms with Crippen molar-refractivity contribution in [3.8, 4) is 0 Å². The first kappa shape index (κ1) is 15.8. The fourth-order valence-corrected chi connectivity index (χ4v) is 5.31. The summed E-state index contributed by atoms with van der Waals surface area (Å²) in [6.07, 6.45) is 3.51. The summed E-state index contributed by atoms with van der Waals surface area (Å²) in [7, 11) is -1.97. The Morgan fingerprint density at radius 1 is 1.50 bits per heavy atom. The summed E-state index contributed by atoms with van der Waals surface area (Å²) in [6, 6.07) is -0.111. The smallest absolute Gasteiger partial charge is 0.307 e. The molecule has 0 aromatic heterocycles. The number of hydrogen-bond acceptors (Lipinski definition) is 4. The fourth-order valence-electron chi connectivity index (χ4n) is 2.38. The maximum absolute atomic E-state index is 12.4. The van der Waals surface area contributed by atoms with Gasteiger partial charge in [0.2, 0.25) is 10.0 Å². The number of thioether (sulfide) groups is 1. The minimum absolute atomic E-state index is 0.111. The molecule has 0 heterocycles. The SMILES string of the molecule is CSCC(C)N(C)S(=O)(=O)C1CCCC1C(=O)O. The van der Waals surface area contributed by atoms with Crippen LogP contribution in [-0.4, -0.2) is 54.1 Å². The summed E-state index contributed by atoms with van der Waals surface area (Å²) in [5.74, 6) is -1.04. The second-order valence-corrected chi connectivity index (χ2v) is 7.90. The van der Waals surface area contributed by atoms with Crippen LogP contribution in [0.1, 0.15) is 26.2 Å². The third-order valence-electron chi connectivity index (χ3n) is 3.58. The van der Waals surface area contributed by atoms with Gasteiger partial charge in [-0.2, -0.15) is 11.8 Å². The molecule has 1 N–H and O–H groups in total. The Morgan fingerprint density at radius 3 is 2.61 bits per heavy atom. The Labute approximate surface area is 113 Å². The molecule has 0 spiro atoms. The third kappa shape index (κ3) is 3.19. The quantitative estimate of drug-likeness (QED) is 0.798. The van der Waals surface area contributed by atoms with Crippen LogP contribution in [0.15, 0.2) is 0 Å². The van der Waals surface area contributed by atoms with Crippen molar-refractivity contribution in [1.82, 2.24) is 4.31 Å². The molecule has 106 valence electrons. The molecule has 1 aliphatic carbocycles. The lowest BCUT2D eigenvalue weighted by Crippen LogP contribution is -2.44. The van der Waals surface area contributed by atoms with E-state index in [0.717, 1.165) is 0 Å². The number of rotatable bonds is 6. The maximum atomic E-state index is 12.4. The Morgan fingerprint density at radius 2 is 2.11 bits per heavy atom. The van der Waals surface area contributed by atoms with E-state index in [1.807, 2.05) is 13.2 Å². The van der Waals surface area contributed by atoms with E-state index in [-0.39, 0.29) is 6.04 Å². The van der Waals surface area contributed by atoms with E-state index in [1.165, 1.54) is 4.31 Å². The molecular weight excluding hydrogens is 274 g/mol.